The number of thioether (sulfide) groups is 1. The summed E-state index contributed by atoms with van der Waals surface area (Å²) in [5, 5.41) is 47.1. The van der Waals surface area contributed by atoms with Gasteiger partial charge in [-0.25, -0.2) is 0 Å². The SMILES string of the molecule is N#CSc1ccc(CC(CN(CC(=O)O)CC(=O)O)N(CC(=O)O)CC(=O)O)cc1. The second-order valence-corrected chi connectivity index (χ2v) is 7.20. The van der Waals surface area contributed by atoms with E-state index in [1.165, 1.54) is 0 Å². The van der Waals surface area contributed by atoms with E-state index >= 15 is 0 Å². The Morgan fingerprint density at radius 2 is 1.33 bits per heavy atom. The summed E-state index contributed by atoms with van der Waals surface area (Å²) in [6.07, 6.45) is 0.147. The topological polar surface area (TPSA) is 179 Å². The molecule has 4 N–H and O–H groups in total. The van der Waals surface area contributed by atoms with Crippen LogP contribution in [-0.2, 0) is 25.6 Å². The number of nitriles is 1. The molecule has 1 aromatic rings. The molecule has 0 saturated carbocycles. The molecule has 1 unspecified atom stereocenters. The number of thiocyanates is 1. The molecule has 1 rings (SSSR count). The third-order valence-corrected chi connectivity index (χ3v) is 4.54. The van der Waals surface area contributed by atoms with E-state index in [1.807, 2.05) is 5.40 Å². The van der Waals surface area contributed by atoms with E-state index in [-0.39, 0.29) is 13.0 Å². The Labute approximate surface area is 176 Å². The first-order valence-corrected chi connectivity index (χ1v) is 9.40. The molecule has 0 saturated heterocycles. The van der Waals surface area contributed by atoms with Crippen molar-refractivity contribution in [2.75, 3.05) is 32.7 Å². The van der Waals surface area contributed by atoms with Gasteiger partial charge in [0.2, 0.25) is 0 Å². The average Bonchev–Trinajstić information content (AvgIpc) is 2.60. The molecule has 0 fully saturated rings. The summed E-state index contributed by atoms with van der Waals surface area (Å²) >= 11 is 0.951. The molecule has 1 aromatic carbocycles. The van der Waals surface area contributed by atoms with Crippen molar-refractivity contribution in [3.63, 3.8) is 0 Å². The lowest BCUT2D eigenvalue weighted by Crippen LogP contribution is -2.50. The van der Waals surface area contributed by atoms with E-state index < -0.39 is 56.1 Å². The third kappa shape index (κ3) is 9.87. The summed E-state index contributed by atoms with van der Waals surface area (Å²) in [5.74, 6) is -5.08. The Kier molecular flexibility index (Phi) is 10.3. The van der Waals surface area contributed by atoms with Crippen molar-refractivity contribution in [3.8, 4) is 5.40 Å². The lowest BCUT2D eigenvalue weighted by atomic mass is 10.0. The van der Waals surface area contributed by atoms with E-state index in [1.54, 1.807) is 24.3 Å². The summed E-state index contributed by atoms with van der Waals surface area (Å²) in [6, 6.07) is 5.93. The van der Waals surface area contributed by atoms with Crippen LogP contribution >= 0.6 is 11.8 Å². The zero-order chi connectivity index (χ0) is 22.7. The van der Waals surface area contributed by atoms with Crippen LogP contribution in [0.15, 0.2) is 29.2 Å². The summed E-state index contributed by atoms with van der Waals surface area (Å²) in [4.78, 5) is 47.6. The molecule has 30 heavy (non-hydrogen) atoms. The van der Waals surface area contributed by atoms with Gasteiger partial charge in [0.1, 0.15) is 5.40 Å². The molecule has 0 aliphatic rings. The largest absolute Gasteiger partial charge is 0.480 e. The number of hydrogen-bond acceptors (Lipinski definition) is 8. The van der Waals surface area contributed by atoms with Crippen LogP contribution in [-0.4, -0.2) is 92.9 Å². The number of benzene rings is 1. The van der Waals surface area contributed by atoms with Gasteiger partial charge in [0.05, 0.1) is 26.2 Å². The van der Waals surface area contributed by atoms with Crippen LogP contribution in [0.25, 0.3) is 0 Å². The second kappa shape index (κ2) is 12.4. The third-order valence-electron chi connectivity index (χ3n) is 3.94. The maximum absolute atomic E-state index is 11.2. The highest BCUT2D eigenvalue weighted by Gasteiger charge is 2.27. The van der Waals surface area contributed by atoms with Crippen LogP contribution < -0.4 is 0 Å². The summed E-state index contributed by atoms with van der Waals surface area (Å²) in [6.45, 7) is -2.61. The molecule has 0 amide bonds. The van der Waals surface area contributed by atoms with Gasteiger partial charge in [0.15, 0.2) is 0 Å². The fourth-order valence-electron chi connectivity index (χ4n) is 2.85. The van der Waals surface area contributed by atoms with E-state index in [4.69, 9.17) is 25.7 Å². The molecule has 0 aromatic heterocycles. The fourth-order valence-corrected chi connectivity index (χ4v) is 3.23. The minimum absolute atomic E-state index is 0.147. The summed E-state index contributed by atoms with van der Waals surface area (Å²) in [7, 11) is 0. The van der Waals surface area contributed by atoms with E-state index in [0.717, 1.165) is 21.6 Å². The maximum atomic E-state index is 11.2. The van der Waals surface area contributed by atoms with Crippen LogP contribution in [0, 0.1) is 10.7 Å². The zero-order valence-electron chi connectivity index (χ0n) is 15.8. The predicted molar refractivity (Wildman–Crippen MR) is 104 cm³/mol. The molecule has 0 aliphatic carbocycles. The van der Waals surface area contributed by atoms with Gasteiger partial charge in [-0.15, -0.1) is 0 Å². The second-order valence-electron chi connectivity index (χ2n) is 6.34. The molecule has 0 heterocycles. The first kappa shape index (κ1) is 24.9. The van der Waals surface area contributed by atoms with Crippen molar-refractivity contribution in [2.24, 2.45) is 0 Å². The summed E-state index contributed by atoms with van der Waals surface area (Å²) in [5.41, 5.74) is 0.689. The van der Waals surface area contributed by atoms with Crippen LogP contribution in [0.1, 0.15) is 5.56 Å². The van der Waals surface area contributed by atoms with Crippen LogP contribution in [0.3, 0.4) is 0 Å². The van der Waals surface area contributed by atoms with Crippen molar-refractivity contribution >= 4 is 35.6 Å². The Morgan fingerprint density at radius 1 is 0.867 bits per heavy atom. The highest BCUT2D eigenvalue weighted by molar-refractivity contribution is 8.03. The van der Waals surface area contributed by atoms with Gasteiger partial charge in [0.25, 0.3) is 0 Å². The molecular weight excluding hydrogens is 418 g/mol. The zero-order valence-corrected chi connectivity index (χ0v) is 16.6. The highest BCUT2D eigenvalue weighted by atomic mass is 32.2. The minimum atomic E-state index is -1.27. The minimum Gasteiger partial charge on any atom is -0.480 e. The molecular formula is C18H21N3O8S. The van der Waals surface area contributed by atoms with Crippen molar-refractivity contribution in [2.45, 2.75) is 17.4 Å². The number of hydrogen-bond donors (Lipinski definition) is 4. The molecule has 1 atom stereocenters. The highest BCUT2D eigenvalue weighted by Crippen LogP contribution is 2.19. The van der Waals surface area contributed by atoms with Gasteiger partial charge in [-0.3, -0.25) is 29.0 Å². The number of carboxylic acid groups (broad SMARTS) is 4. The van der Waals surface area contributed by atoms with Gasteiger partial charge < -0.3 is 20.4 Å². The van der Waals surface area contributed by atoms with E-state index in [0.29, 0.717) is 10.5 Å². The molecule has 0 aliphatic heterocycles. The molecule has 0 bridgehead atoms. The lowest BCUT2D eigenvalue weighted by molar-refractivity contribution is -0.146. The van der Waals surface area contributed by atoms with Gasteiger partial charge in [0, 0.05) is 17.5 Å². The quantitative estimate of drug-likeness (QED) is 0.227. The van der Waals surface area contributed by atoms with Crippen molar-refractivity contribution < 1.29 is 39.6 Å². The Hall–Kier alpha value is -3.14. The van der Waals surface area contributed by atoms with Crippen molar-refractivity contribution in [3.05, 3.63) is 29.8 Å². The fraction of sp³-hybridized carbons (Fsp3) is 0.389. The first-order chi connectivity index (χ1) is 14.1. The molecule has 162 valence electrons. The normalized spacial score (nSPS) is 11.8. The average molecular weight is 439 g/mol. The van der Waals surface area contributed by atoms with Crippen LogP contribution in [0.5, 0.6) is 0 Å². The smallest absolute Gasteiger partial charge is 0.317 e. The number of rotatable bonds is 14. The summed E-state index contributed by atoms with van der Waals surface area (Å²) < 4.78 is 0. The molecule has 11 nitrogen and oxygen atoms in total. The Bertz CT molecular complexity index is 777. The Morgan fingerprint density at radius 3 is 1.73 bits per heavy atom. The van der Waals surface area contributed by atoms with Crippen molar-refractivity contribution in [1.82, 2.24) is 9.80 Å². The van der Waals surface area contributed by atoms with E-state index in [9.17, 15) is 19.2 Å². The van der Waals surface area contributed by atoms with Crippen LogP contribution in [0.2, 0.25) is 0 Å². The van der Waals surface area contributed by atoms with Gasteiger partial charge in [-0.1, -0.05) is 12.1 Å². The van der Waals surface area contributed by atoms with Gasteiger partial charge in [-0.2, -0.15) is 5.26 Å². The number of carboxylic acids is 4. The first-order valence-electron chi connectivity index (χ1n) is 8.59. The lowest BCUT2D eigenvalue weighted by Gasteiger charge is -2.33. The monoisotopic (exact) mass is 439 g/mol. The number of aliphatic carboxylic acids is 4. The Balaban J connectivity index is 3.17. The predicted octanol–water partition coefficient (Wildman–Crippen LogP) is 0.113. The molecule has 0 spiro atoms. The van der Waals surface area contributed by atoms with Crippen molar-refractivity contribution in [1.29, 1.82) is 5.26 Å². The van der Waals surface area contributed by atoms with Crippen LogP contribution in [0.4, 0.5) is 0 Å². The van der Waals surface area contributed by atoms with Gasteiger partial charge in [-0.05, 0) is 35.9 Å². The standard InChI is InChI=1S/C18H21N3O8S/c19-11-30-14-3-1-12(2-4-14)5-13(21(9-17(26)27)10-18(28)29)6-20(7-15(22)23)8-16(24)25/h1-4,13H,5-10H2,(H,22,23)(H,24,25)(H,26,27)(H,28,29). The van der Waals surface area contributed by atoms with E-state index in [2.05, 4.69) is 0 Å². The number of carbonyl (C=O) groups is 4. The number of nitrogens with zero attached hydrogens (tertiary/aromatic N) is 3. The molecule has 0 radical (unpaired) electrons. The molecule has 12 heteroatoms. The van der Waals surface area contributed by atoms with Gasteiger partial charge >= 0.3 is 23.9 Å². The maximum Gasteiger partial charge on any atom is 0.317 e.